The number of amides is 2. The summed E-state index contributed by atoms with van der Waals surface area (Å²) in [5, 5.41) is 16.4. The zero-order valence-corrected chi connectivity index (χ0v) is 19.4. The van der Waals surface area contributed by atoms with Crippen LogP contribution in [0.5, 0.6) is 0 Å². The molecule has 0 aliphatic rings. The Morgan fingerprint density at radius 1 is 1.00 bits per heavy atom. The van der Waals surface area contributed by atoms with E-state index in [1.165, 1.54) is 36.0 Å². The molecule has 33 heavy (non-hydrogen) atoms. The summed E-state index contributed by atoms with van der Waals surface area (Å²) in [5.41, 5.74) is 3.47. The van der Waals surface area contributed by atoms with Gasteiger partial charge in [0.1, 0.15) is 0 Å². The molecule has 0 heterocycles. The Kier molecular flexibility index (Phi) is 7.84. The van der Waals surface area contributed by atoms with Gasteiger partial charge in [0.2, 0.25) is 5.91 Å². The predicted octanol–water partition coefficient (Wildman–Crippen LogP) is 5.97. The second-order valence-electron chi connectivity index (χ2n) is 7.61. The molecule has 7 nitrogen and oxygen atoms in total. The number of benzene rings is 3. The van der Waals surface area contributed by atoms with Crippen LogP contribution in [0.25, 0.3) is 0 Å². The van der Waals surface area contributed by atoms with Gasteiger partial charge in [-0.2, -0.15) is 0 Å². The number of non-ortho nitro benzene ring substituents is 1. The zero-order chi connectivity index (χ0) is 24.0. The number of anilines is 2. The third-order valence-corrected chi connectivity index (χ3v) is 6.36. The van der Waals surface area contributed by atoms with E-state index < -0.39 is 10.8 Å². The summed E-state index contributed by atoms with van der Waals surface area (Å²) in [4.78, 5) is 36.7. The minimum Gasteiger partial charge on any atom is -0.325 e. The number of aryl methyl sites for hydroxylation is 2. The van der Waals surface area contributed by atoms with Crippen LogP contribution in [-0.2, 0) is 4.79 Å². The van der Waals surface area contributed by atoms with Crippen molar-refractivity contribution in [3.8, 4) is 0 Å². The molecule has 0 saturated carbocycles. The number of hydrogen-bond acceptors (Lipinski definition) is 5. The van der Waals surface area contributed by atoms with Crippen molar-refractivity contribution in [3.63, 3.8) is 0 Å². The average molecular weight is 464 g/mol. The van der Waals surface area contributed by atoms with E-state index in [1.54, 1.807) is 18.2 Å². The molecule has 0 aliphatic carbocycles. The van der Waals surface area contributed by atoms with E-state index in [2.05, 4.69) is 10.6 Å². The van der Waals surface area contributed by atoms with Crippen LogP contribution in [0.3, 0.4) is 0 Å². The summed E-state index contributed by atoms with van der Waals surface area (Å²) in [6, 6.07) is 18.7. The van der Waals surface area contributed by atoms with Gasteiger partial charge in [0.25, 0.3) is 11.6 Å². The summed E-state index contributed by atoms with van der Waals surface area (Å²) in [6.07, 6.45) is 0.631. The van der Waals surface area contributed by atoms with E-state index >= 15 is 0 Å². The largest absolute Gasteiger partial charge is 0.325 e. The predicted molar refractivity (Wildman–Crippen MR) is 132 cm³/mol. The smallest absolute Gasteiger partial charge is 0.270 e. The minimum atomic E-state index is -0.539. The van der Waals surface area contributed by atoms with Crippen LogP contribution in [0.4, 0.5) is 17.1 Å². The summed E-state index contributed by atoms with van der Waals surface area (Å²) < 4.78 is 0. The van der Waals surface area contributed by atoms with Gasteiger partial charge in [-0.3, -0.25) is 19.7 Å². The molecule has 3 rings (SSSR count). The molecular formula is C25H25N3O4S. The Hall–Kier alpha value is -3.65. The number of nitrogens with one attached hydrogen (secondary N) is 2. The fourth-order valence-corrected chi connectivity index (χ4v) is 4.19. The van der Waals surface area contributed by atoms with Crippen molar-refractivity contribution in [2.75, 3.05) is 10.6 Å². The maximum Gasteiger partial charge on any atom is 0.270 e. The van der Waals surface area contributed by atoms with Gasteiger partial charge < -0.3 is 10.6 Å². The van der Waals surface area contributed by atoms with Crippen molar-refractivity contribution in [2.45, 2.75) is 37.3 Å². The molecule has 0 spiro atoms. The lowest BCUT2D eigenvalue weighted by atomic mass is 10.1. The standard InChI is InChI=1S/C25H25N3O4S/c1-4-23(25(30)27-22-13-16(2)11-12-17(22)3)33-21-10-6-8-19(15-21)26-24(29)18-7-5-9-20(14-18)28(31)32/h5-15,23H,4H2,1-3H3,(H,26,29)(H,27,30). The molecule has 170 valence electrons. The maximum atomic E-state index is 12.9. The topological polar surface area (TPSA) is 101 Å². The van der Waals surface area contributed by atoms with Crippen molar-refractivity contribution in [1.82, 2.24) is 0 Å². The Bertz CT molecular complexity index is 1200. The van der Waals surface area contributed by atoms with Crippen molar-refractivity contribution >= 4 is 40.6 Å². The Labute approximate surface area is 196 Å². The first-order valence-corrected chi connectivity index (χ1v) is 11.4. The Morgan fingerprint density at radius 3 is 2.48 bits per heavy atom. The zero-order valence-electron chi connectivity index (χ0n) is 18.6. The maximum absolute atomic E-state index is 12.9. The van der Waals surface area contributed by atoms with Crippen molar-refractivity contribution in [2.24, 2.45) is 0 Å². The van der Waals surface area contributed by atoms with Crippen LogP contribution in [0.1, 0.15) is 34.8 Å². The number of carbonyl (C=O) groups is 2. The van der Waals surface area contributed by atoms with E-state index in [0.29, 0.717) is 12.1 Å². The quantitative estimate of drug-likeness (QED) is 0.243. The van der Waals surface area contributed by atoms with Crippen molar-refractivity contribution in [1.29, 1.82) is 0 Å². The van der Waals surface area contributed by atoms with Gasteiger partial charge >= 0.3 is 0 Å². The molecule has 2 amide bonds. The molecule has 1 unspecified atom stereocenters. The van der Waals surface area contributed by atoms with Gasteiger partial charge in [0.05, 0.1) is 10.2 Å². The third kappa shape index (κ3) is 6.43. The number of nitrogens with zero attached hydrogens (tertiary/aromatic N) is 1. The molecule has 8 heteroatoms. The number of nitro groups is 1. The lowest BCUT2D eigenvalue weighted by molar-refractivity contribution is -0.384. The van der Waals surface area contributed by atoms with Gasteiger partial charge in [-0.05, 0) is 61.7 Å². The highest BCUT2D eigenvalue weighted by Crippen LogP contribution is 2.29. The van der Waals surface area contributed by atoms with E-state index in [9.17, 15) is 19.7 Å². The number of nitro benzene ring substituents is 1. The van der Waals surface area contributed by atoms with Crippen LogP contribution >= 0.6 is 11.8 Å². The van der Waals surface area contributed by atoms with E-state index in [4.69, 9.17) is 0 Å². The number of thioether (sulfide) groups is 1. The second-order valence-corrected chi connectivity index (χ2v) is 8.89. The fraction of sp³-hybridized carbons (Fsp3) is 0.200. The summed E-state index contributed by atoms with van der Waals surface area (Å²) in [6.45, 7) is 5.89. The van der Waals surface area contributed by atoms with Crippen molar-refractivity contribution in [3.05, 3.63) is 93.5 Å². The van der Waals surface area contributed by atoms with Crippen LogP contribution < -0.4 is 10.6 Å². The van der Waals surface area contributed by atoms with Gasteiger partial charge in [0.15, 0.2) is 0 Å². The first-order chi connectivity index (χ1) is 15.8. The van der Waals surface area contributed by atoms with Crippen LogP contribution in [0.2, 0.25) is 0 Å². The molecule has 0 aromatic heterocycles. The highest BCUT2D eigenvalue weighted by atomic mass is 32.2. The molecule has 3 aromatic rings. The van der Waals surface area contributed by atoms with Crippen LogP contribution in [-0.4, -0.2) is 22.0 Å². The third-order valence-electron chi connectivity index (χ3n) is 5.00. The van der Waals surface area contributed by atoms with Crippen LogP contribution in [0, 0.1) is 24.0 Å². The summed E-state index contributed by atoms with van der Waals surface area (Å²) in [7, 11) is 0. The minimum absolute atomic E-state index is 0.0813. The number of rotatable bonds is 8. The highest BCUT2D eigenvalue weighted by molar-refractivity contribution is 8.00. The molecule has 0 fully saturated rings. The lowest BCUT2D eigenvalue weighted by Crippen LogP contribution is -2.25. The molecule has 1 atom stereocenters. The summed E-state index contributed by atoms with van der Waals surface area (Å²) in [5.74, 6) is -0.525. The molecule has 0 aliphatic heterocycles. The Morgan fingerprint density at radius 2 is 1.76 bits per heavy atom. The van der Waals surface area contributed by atoms with Gasteiger partial charge in [-0.1, -0.05) is 31.2 Å². The SMILES string of the molecule is CCC(Sc1cccc(NC(=O)c2cccc([N+](=O)[O-])c2)c1)C(=O)Nc1cc(C)ccc1C. The van der Waals surface area contributed by atoms with Gasteiger partial charge in [-0.15, -0.1) is 11.8 Å². The Balaban J connectivity index is 1.69. The molecule has 2 N–H and O–H groups in total. The van der Waals surface area contributed by atoms with Gasteiger partial charge in [-0.25, -0.2) is 0 Å². The van der Waals surface area contributed by atoms with E-state index in [-0.39, 0.29) is 22.4 Å². The van der Waals surface area contributed by atoms with E-state index in [0.717, 1.165) is 21.7 Å². The lowest BCUT2D eigenvalue weighted by Gasteiger charge is -2.17. The molecule has 0 radical (unpaired) electrons. The molecule has 0 saturated heterocycles. The molecular weight excluding hydrogens is 438 g/mol. The first-order valence-electron chi connectivity index (χ1n) is 10.5. The van der Waals surface area contributed by atoms with E-state index in [1.807, 2.05) is 45.0 Å². The second kappa shape index (κ2) is 10.8. The number of carbonyl (C=O) groups excluding carboxylic acids is 2. The molecule has 3 aromatic carbocycles. The first kappa shape index (κ1) is 24.0. The fourth-order valence-electron chi connectivity index (χ4n) is 3.18. The highest BCUT2D eigenvalue weighted by Gasteiger charge is 2.19. The normalized spacial score (nSPS) is 11.5. The van der Waals surface area contributed by atoms with Crippen molar-refractivity contribution < 1.29 is 14.5 Å². The van der Waals surface area contributed by atoms with Gasteiger partial charge in [0, 0.05) is 34.0 Å². The average Bonchev–Trinajstić information content (AvgIpc) is 2.80. The summed E-state index contributed by atoms with van der Waals surface area (Å²) >= 11 is 1.42. The number of hydrogen-bond donors (Lipinski definition) is 2. The molecule has 0 bridgehead atoms. The monoisotopic (exact) mass is 463 g/mol. The van der Waals surface area contributed by atoms with Crippen LogP contribution in [0.15, 0.2) is 71.6 Å².